The Kier molecular flexibility index (Phi) is 4.85. The molecule has 0 aliphatic carbocycles. The Morgan fingerprint density at radius 2 is 2.19 bits per heavy atom. The number of methoxy groups -OCH3 is 1. The number of amides is 1. The molecule has 0 radical (unpaired) electrons. The number of fused-ring (bicyclic) bond motifs is 1. The van der Waals surface area contributed by atoms with Crippen LogP contribution < -0.4 is 15.0 Å². The summed E-state index contributed by atoms with van der Waals surface area (Å²) in [5.41, 5.74) is 1.47. The zero-order valence-corrected chi connectivity index (χ0v) is 15.7. The summed E-state index contributed by atoms with van der Waals surface area (Å²) in [6.45, 7) is 1.42. The van der Waals surface area contributed by atoms with E-state index < -0.39 is 0 Å². The van der Waals surface area contributed by atoms with Crippen molar-refractivity contribution in [3.05, 3.63) is 47.6 Å². The van der Waals surface area contributed by atoms with Crippen LogP contribution in [0.25, 0.3) is 5.65 Å². The molecule has 1 saturated heterocycles. The fourth-order valence-electron chi connectivity index (χ4n) is 3.39. The lowest BCUT2D eigenvalue weighted by atomic mass is 9.97. The van der Waals surface area contributed by atoms with Crippen LogP contribution >= 0.6 is 11.6 Å². The molecule has 2 aromatic heterocycles. The fourth-order valence-corrected chi connectivity index (χ4v) is 3.55. The van der Waals surface area contributed by atoms with Crippen LogP contribution in [-0.2, 0) is 4.79 Å². The smallest absolute Gasteiger partial charge is 0.231 e. The maximum atomic E-state index is 12.8. The number of benzene rings is 1. The van der Waals surface area contributed by atoms with Crippen LogP contribution in [0.1, 0.15) is 12.8 Å². The number of carbonyl (C=O) groups is 1. The number of piperidine rings is 1. The number of hydrogen-bond acceptors (Lipinski definition) is 5. The summed E-state index contributed by atoms with van der Waals surface area (Å²) in [6.07, 6.45) is 3.54. The van der Waals surface area contributed by atoms with Crippen LogP contribution in [0.4, 0.5) is 11.6 Å². The van der Waals surface area contributed by atoms with Crippen LogP contribution in [0, 0.1) is 5.92 Å². The molecule has 27 heavy (non-hydrogen) atoms. The van der Waals surface area contributed by atoms with E-state index in [2.05, 4.69) is 20.4 Å². The molecule has 0 bridgehead atoms. The van der Waals surface area contributed by atoms with Crippen LogP contribution in [0.15, 0.2) is 42.6 Å². The lowest BCUT2D eigenvalue weighted by Gasteiger charge is -2.32. The molecule has 4 rings (SSSR count). The molecular formula is C19H20ClN5O2. The predicted molar refractivity (Wildman–Crippen MR) is 105 cm³/mol. The maximum absolute atomic E-state index is 12.8. The molecule has 0 saturated carbocycles. The number of pyridine rings is 1. The number of anilines is 2. The lowest BCUT2D eigenvalue weighted by Crippen LogP contribution is -2.41. The molecule has 0 unspecified atom stereocenters. The number of rotatable bonds is 4. The van der Waals surface area contributed by atoms with Gasteiger partial charge in [0, 0.05) is 31.0 Å². The van der Waals surface area contributed by atoms with Gasteiger partial charge in [0.15, 0.2) is 5.65 Å². The minimum atomic E-state index is -0.128. The van der Waals surface area contributed by atoms with Gasteiger partial charge in [-0.2, -0.15) is 0 Å². The quantitative estimate of drug-likeness (QED) is 0.746. The lowest BCUT2D eigenvalue weighted by molar-refractivity contribution is -0.120. The highest BCUT2D eigenvalue weighted by Gasteiger charge is 2.28. The first kappa shape index (κ1) is 17.6. The van der Waals surface area contributed by atoms with E-state index in [9.17, 15) is 4.79 Å². The van der Waals surface area contributed by atoms with E-state index in [0.29, 0.717) is 23.3 Å². The molecule has 1 fully saturated rings. The second-order valence-electron chi connectivity index (χ2n) is 6.58. The van der Waals surface area contributed by atoms with Crippen molar-refractivity contribution in [2.75, 3.05) is 30.4 Å². The molecule has 1 atom stereocenters. The van der Waals surface area contributed by atoms with E-state index in [-0.39, 0.29) is 11.8 Å². The molecule has 8 heteroatoms. The number of ether oxygens (including phenoxy) is 1. The maximum Gasteiger partial charge on any atom is 0.231 e. The summed E-state index contributed by atoms with van der Waals surface area (Å²) >= 11 is 6.11. The molecule has 0 spiro atoms. The Labute approximate surface area is 161 Å². The number of halogens is 1. The van der Waals surface area contributed by atoms with Gasteiger partial charge in [-0.15, -0.1) is 10.2 Å². The van der Waals surface area contributed by atoms with Gasteiger partial charge in [-0.05, 0) is 37.1 Å². The van der Waals surface area contributed by atoms with Crippen molar-refractivity contribution in [3.63, 3.8) is 0 Å². The van der Waals surface area contributed by atoms with Gasteiger partial charge in [0.05, 0.1) is 18.1 Å². The average molecular weight is 386 g/mol. The summed E-state index contributed by atoms with van der Waals surface area (Å²) < 4.78 is 7.08. The summed E-state index contributed by atoms with van der Waals surface area (Å²) in [7, 11) is 1.61. The molecule has 1 amide bonds. The van der Waals surface area contributed by atoms with Crippen molar-refractivity contribution in [2.45, 2.75) is 12.8 Å². The molecule has 1 N–H and O–H groups in total. The van der Waals surface area contributed by atoms with Gasteiger partial charge in [0.25, 0.3) is 0 Å². The first-order valence-corrected chi connectivity index (χ1v) is 9.22. The Morgan fingerprint density at radius 3 is 3.04 bits per heavy atom. The molecular weight excluding hydrogens is 366 g/mol. The Morgan fingerprint density at radius 1 is 1.30 bits per heavy atom. The Bertz CT molecular complexity index is 974. The molecule has 3 aromatic rings. The van der Waals surface area contributed by atoms with E-state index in [1.165, 1.54) is 0 Å². The molecule has 3 heterocycles. The first-order valence-electron chi connectivity index (χ1n) is 8.84. The van der Waals surface area contributed by atoms with Gasteiger partial charge in [-0.1, -0.05) is 17.7 Å². The highest BCUT2D eigenvalue weighted by Crippen LogP contribution is 2.25. The van der Waals surface area contributed by atoms with Crippen molar-refractivity contribution in [1.82, 2.24) is 14.6 Å². The number of nitrogens with zero attached hydrogens (tertiary/aromatic N) is 4. The van der Waals surface area contributed by atoms with E-state index >= 15 is 0 Å². The van der Waals surface area contributed by atoms with E-state index in [0.717, 1.165) is 30.7 Å². The van der Waals surface area contributed by atoms with Gasteiger partial charge in [-0.3, -0.25) is 9.20 Å². The van der Waals surface area contributed by atoms with E-state index in [1.54, 1.807) is 19.4 Å². The monoisotopic (exact) mass is 385 g/mol. The summed E-state index contributed by atoms with van der Waals surface area (Å²) in [5, 5.41) is 12.1. The zero-order valence-electron chi connectivity index (χ0n) is 14.9. The normalized spacial score (nSPS) is 17.1. The zero-order chi connectivity index (χ0) is 18.8. The van der Waals surface area contributed by atoms with E-state index in [1.807, 2.05) is 34.7 Å². The highest BCUT2D eigenvalue weighted by molar-refractivity contribution is 6.30. The number of aromatic nitrogens is 3. The van der Waals surface area contributed by atoms with Crippen molar-refractivity contribution >= 4 is 34.8 Å². The minimum absolute atomic E-state index is 0.000179. The second-order valence-corrected chi connectivity index (χ2v) is 7.02. The van der Waals surface area contributed by atoms with Gasteiger partial charge < -0.3 is 15.0 Å². The van der Waals surface area contributed by atoms with Crippen LogP contribution in [0.2, 0.25) is 5.02 Å². The molecule has 7 nitrogen and oxygen atoms in total. The molecule has 140 valence electrons. The minimum Gasteiger partial charge on any atom is -0.497 e. The fraction of sp³-hybridized carbons (Fsp3) is 0.316. The second kappa shape index (κ2) is 7.44. The molecule has 1 aliphatic heterocycles. The standard InChI is InChI=1S/C19H20ClN5O2/c1-27-16-6-2-5-15(10-16)21-18(26)13-4-3-9-24(11-13)19-23-22-17-8-7-14(20)12-25(17)19/h2,5-8,10,12-13H,3-4,9,11H2,1H3,(H,21,26)/t13-/m0/s1. The highest BCUT2D eigenvalue weighted by atomic mass is 35.5. The number of hydrogen-bond donors (Lipinski definition) is 1. The Balaban J connectivity index is 1.50. The molecule has 1 aliphatic rings. The van der Waals surface area contributed by atoms with Crippen molar-refractivity contribution in [1.29, 1.82) is 0 Å². The van der Waals surface area contributed by atoms with Crippen molar-refractivity contribution < 1.29 is 9.53 Å². The summed E-state index contributed by atoms with van der Waals surface area (Å²) in [4.78, 5) is 14.9. The SMILES string of the molecule is COc1cccc(NC(=O)[C@H]2CCCN(c3nnc4ccc(Cl)cn34)C2)c1. The topological polar surface area (TPSA) is 71.8 Å². The third kappa shape index (κ3) is 3.68. The van der Waals surface area contributed by atoms with E-state index in [4.69, 9.17) is 16.3 Å². The van der Waals surface area contributed by atoms with Gasteiger partial charge in [-0.25, -0.2) is 0 Å². The van der Waals surface area contributed by atoms with Gasteiger partial charge in [0.1, 0.15) is 5.75 Å². The Hall–Kier alpha value is -2.80. The predicted octanol–water partition coefficient (Wildman–Crippen LogP) is 3.25. The summed E-state index contributed by atoms with van der Waals surface area (Å²) in [5.74, 6) is 1.30. The third-order valence-corrected chi connectivity index (χ3v) is 4.98. The van der Waals surface area contributed by atoms with Crippen molar-refractivity contribution in [2.24, 2.45) is 5.92 Å². The summed E-state index contributed by atoms with van der Waals surface area (Å²) in [6, 6.07) is 11.0. The third-order valence-electron chi connectivity index (χ3n) is 4.76. The van der Waals surface area contributed by atoms with Crippen LogP contribution in [0.5, 0.6) is 5.75 Å². The van der Waals surface area contributed by atoms with Crippen LogP contribution in [0.3, 0.4) is 0 Å². The number of carbonyl (C=O) groups excluding carboxylic acids is 1. The first-order chi connectivity index (χ1) is 13.1. The van der Waals surface area contributed by atoms with Crippen molar-refractivity contribution in [3.8, 4) is 5.75 Å². The average Bonchev–Trinajstić information content (AvgIpc) is 3.11. The number of nitrogens with one attached hydrogen (secondary N) is 1. The largest absolute Gasteiger partial charge is 0.497 e. The van der Waals surface area contributed by atoms with Crippen LogP contribution in [-0.4, -0.2) is 40.7 Å². The van der Waals surface area contributed by atoms with Gasteiger partial charge in [0.2, 0.25) is 11.9 Å². The van der Waals surface area contributed by atoms with Gasteiger partial charge >= 0.3 is 0 Å². The molecule has 1 aromatic carbocycles.